The lowest BCUT2D eigenvalue weighted by Crippen LogP contribution is -2.46. The lowest BCUT2D eigenvalue weighted by Gasteiger charge is -2.34. The Balaban J connectivity index is 1.53. The minimum Gasteiger partial charge on any atom is -0.337 e. The van der Waals surface area contributed by atoms with Gasteiger partial charge in [-0.1, -0.05) is 13.8 Å². The first-order chi connectivity index (χ1) is 12.6. The van der Waals surface area contributed by atoms with E-state index in [2.05, 4.69) is 44.5 Å². The molecule has 1 N–H and O–H groups in total. The Morgan fingerprint density at radius 3 is 2.88 bits per heavy atom. The largest absolute Gasteiger partial charge is 0.337 e. The third-order valence-corrected chi connectivity index (χ3v) is 5.42. The summed E-state index contributed by atoms with van der Waals surface area (Å²) in [6.45, 7) is 8.26. The van der Waals surface area contributed by atoms with Crippen LogP contribution >= 0.6 is 0 Å². The summed E-state index contributed by atoms with van der Waals surface area (Å²) in [4.78, 5) is 17.8. The molecule has 0 unspecified atom stereocenters. The van der Waals surface area contributed by atoms with Gasteiger partial charge in [0.05, 0.1) is 6.20 Å². The van der Waals surface area contributed by atoms with E-state index in [0.29, 0.717) is 23.3 Å². The summed E-state index contributed by atoms with van der Waals surface area (Å²) in [6, 6.07) is 0.394. The van der Waals surface area contributed by atoms with Crippen LogP contribution in [0.4, 0.5) is 0 Å². The van der Waals surface area contributed by atoms with Crippen molar-refractivity contribution < 1.29 is 4.79 Å². The molecule has 1 atom stereocenters. The third kappa shape index (κ3) is 3.48. The highest BCUT2D eigenvalue weighted by Crippen LogP contribution is 2.32. The molecule has 2 aromatic heterocycles. The van der Waals surface area contributed by atoms with Crippen LogP contribution in [0.2, 0.25) is 0 Å². The van der Waals surface area contributed by atoms with Crippen molar-refractivity contribution in [3.05, 3.63) is 18.1 Å². The number of nitrogens with one attached hydrogen (secondary N) is 1. The Morgan fingerprint density at radius 2 is 2.19 bits per heavy atom. The number of tetrazole rings is 1. The number of aromatic nitrogens is 6. The number of hydrogen-bond donors (Lipinski definition) is 1. The average Bonchev–Trinajstić information content (AvgIpc) is 3.11. The van der Waals surface area contributed by atoms with E-state index in [4.69, 9.17) is 0 Å². The number of nitrogens with zero attached hydrogens (tertiary/aromatic N) is 7. The predicted molar refractivity (Wildman–Crippen MR) is 94.7 cm³/mol. The van der Waals surface area contributed by atoms with E-state index in [1.807, 2.05) is 4.90 Å². The normalized spacial score (nSPS) is 22.0. The number of hydrogen-bond acceptors (Lipinski definition) is 6. The molecule has 9 nitrogen and oxygen atoms in total. The Labute approximate surface area is 152 Å². The number of amides is 1. The molecule has 9 heteroatoms. The first-order valence-electron chi connectivity index (χ1n) is 9.43. The van der Waals surface area contributed by atoms with Gasteiger partial charge < -0.3 is 4.90 Å². The van der Waals surface area contributed by atoms with E-state index in [1.54, 1.807) is 6.20 Å². The second-order valence-electron chi connectivity index (χ2n) is 7.74. The molecule has 26 heavy (non-hydrogen) atoms. The summed E-state index contributed by atoms with van der Waals surface area (Å²) < 4.78 is 1.44. The second-order valence-corrected chi connectivity index (χ2v) is 7.74. The molecule has 0 aromatic carbocycles. The van der Waals surface area contributed by atoms with Gasteiger partial charge in [-0.15, -0.1) is 5.10 Å². The van der Waals surface area contributed by atoms with Gasteiger partial charge in [0, 0.05) is 32.2 Å². The summed E-state index contributed by atoms with van der Waals surface area (Å²) >= 11 is 0. The molecule has 140 valence electrons. The molecule has 1 saturated heterocycles. The number of carbonyl (C=O) groups excluding carboxylic acids is 1. The van der Waals surface area contributed by atoms with Gasteiger partial charge in [-0.2, -0.15) is 9.78 Å². The first kappa shape index (κ1) is 17.1. The van der Waals surface area contributed by atoms with Crippen LogP contribution in [0.1, 0.15) is 43.5 Å². The van der Waals surface area contributed by atoms with Crippen LogP contribution in [0.25, 0.3) is 5.82 Å². The lowest BCUT2D eigenvalue weighted by molar-refractivity contribution is 0.0704. The maximum atomic E-state index is 13.2. The van der Waals surface area contributed by atoms with Crippen LogP contribution in [0.5, 0.6) is 0 Å². The molecule has 2 aromatic rings. The van der Waals surface area contributed by atoms with E-state index in [0.717, 1.165) is 32.0 Å². The second kappa shape index (κ2) is 7.14. The van der Waals surface area contributed by atoms with Gasteiger partial charge in [0.2, 0.25) is 0 Å². The molecule has 2 fully saturated rings. The fraction of sp³-hybridized carbons (Fsp3) is 0.706. The van der Waals surface area contributed by atoms with Crippen LogP contribution in [-0.4, -0.2) is 78.3 Å². The van der Waals surface area contributed by atoms with E-state index in [-0.39, 0.29) is 5.91 Å². The first-order valence-corrected chi connectivity index (χ1v) is 9.43. The molecule has 1 amide bonds. The van der Waals surface area contributed by atoms with Crippen molar-refractivity contribution >= 4 is 5.91 Å². The van der Waals surface area contributed by atoms with Gasteiger partial charge in [-0.25, -0.2) is 0 Å². The minimum atomic E-state index is -0.0110. The van der Waals surface area contributed by atoms with Crippen LogP contribution in [0.3, 0.4) is 0 Å². The third-order valence-electron chi connectivity index (χ3n) is 5.42. The van der Waals surface area contributed by atoms with E-state index in [1.165, 1.54) is 30.4 Å². The molecule has 4 rings (SSSR count). The fourth-order valence-electron chi connectivity index (χ4n) is 3.78. The quantitative estimate of drug-likeness (QED) is 0.855. The van der Waals surface area contributed by atoms with Gasteiger partial charge in [0.15, 0.2) is 5.82 Å². The molecular formula is C17H26N8O. The van der Waals surface area contributed by atoms with Crippen molar-refractivity contribution in [1.29, 1.82) is 0 Å². The molecule has 2 aliphatic rings. The van der Waals surface area contributed by atoms with Crippen LogP contribution in [0, 0.1) is 11.8 Å². The Bertz CT molecular complexity index is 736. The number of H-pyrrole nitrogens is 1. The van der Waals surface area contributed by atoms with Gasteiger partial charge in [-0.05, 0) is 41.5 Å². The van der Waals surface area contributed by atoms with Gasteiger partial charge in [0.25, 0.3) is 5.91 Å². The molecule has 1 aliphatic carbocycles. The van der Waals surface area contributed by atoms with Gasteiger partial charge in [-0.3, -0.25) is 14.8 Å². The topological polar surface area (TPSA) is 95.8 Å². The van der Waals surface area contributed by atoms with E-state index < -0.39 is 0 Å². The Morgan fingerprint density at radius 1 is 1.35 bits per heavy atom. The summed E-state index contributed by atoms with van der Waals surface area (Å²) in [7, 11) is 0. The van der Waals surface area contributed by atoms with Gasteiger partial charge in [0.1, 0.15) is 11.9 Å². The summed E-state index contributed by atoms with van der Waals surface area (Å²) in [5, 5.41) is 18.0. The zero-order valence-electron chi connectivity index (χ0n) is 15.4. The summed E-state index contributed by atoms with van der Waals surface area (Å²) in [5.74, 6) is 1.87. The molecule has 3 heterocycles. The standard InChI is InChI=1S/C17H26N8O/c1-12(2)15-10-24(7-3-6-23(15)9-13-4-5-13)17(26)14-8-18-20-16(14)25-11-19-21-22-25/h8,11-13,15H,3-7,9-10H2,1-2H3,(H,18,20)/t15-/m1/s1. The summed E-state index contributed by atoms with van der Waals surface area (Å²) in [5.41, 5.74) is 0.510. The van der Waals surface area contributed by atoms with Crippen molar-refractivity contribution in [3.8, 4) is 5.82 Å². The van der Waals surface area contributed by atoms with Crippen molar-refractivity contribution in [2.75, 3.05) is 26.2 Å². The molecule has 0 radical (unpaired) electrons. The minimum absolute atomic E-state index is 0.0110. The van der Waals surface area contributed by atoms with Crippen LogP contribution < -0.4 is 0 Å². The molecule has 0 spiro atoms. The number of aromatic amines is 1. The van der Waals surface area contributed by atoms with Crippen molar-refractivity contribution in [2.24, 2.45) is 11.8 Å². The fourth-order valence-corrected chi connectivity index (χ4v) is 3.78. The van der Waals surface area contributed by atoms with Crippen molar-refractivity contribution in [3.63, 3.8) is 0 Å². The monoisotopic (exact) mass is 358 g/mol. The molecule has 1 saturated carbocycles. The Kier molecular flexibility index (Phi) is 4.71. The molecule has 0 bridgehead atoms. The smallest absolute Gasteiger partial charge is 0.259 e. The summed E-state index contributed by atoms with van der Waals surface area (Å²) in [6.07, 6.45) is 6.74. The van der Waals surface area contributed by atoms with E-state index >= 15 is 0 Å². The van der Waals surface area contributed by atoms with E-state index in [9.17, 15) is 4.79 Å². The average molecular weight is 358 g/mol. The van der Waals surface area contributed by atoms with Crippen molar-refractivity contribution in [1.82, 2.24) is 40.2 Å². The molecule has 1 aliphatic heterocycles. The molecular weight excluding hydrogens is 332 g/mol. The van der Waals surface area contributed by atoms with Crippen LogP contribution in [0.15, 0.2) is 12.5 Å². The lowest BCUT2D eigenvalue weighted by atomic mass is 10.0. The van der Waals surface area contributed by atoms with Crippen LogP contribution in [-0.2, 0) is 0 Å². The number of rotatable bonds is 5. The highest BCUT2D eigenvalue weighted by molar-refractivity contribution is 5.97. The highest BCUT2D eigenvalue weighted by Gasteiger charge is 2.34. The maximum absolute atomic E-state index is 13.2. The highest BCUT2D eigenvalue weighted by atomic mass is 16.2. The Hall–Kier alpha value is -2.29. The SMILES string of the molecule is CC(C)[C@H]1CN(C(=O)c2cn[nH]c2-n2cnnn2)CCCN1CC1CC1. The zero-order valence-corrected chi connectivity index (χ0v) is 15.4. The maximum Gasteiger partial charge on any atom is 0.259 e. The van der Waals surface area contributed by atoms with Crippen molar-refractivity contribution in [2.45, 2.75) is 39.2 Å². The number of carbonyl (C=O) groups is 1. The van der Waals surface area contributed by atoms with Gasteiger partial charge >= 0.3 is 0 Å². The zero-order chi connectivity index (χ0) is 18.1. The predicted octanol–water partition coefficient (Wildman–Crippen LogP) is 0.968.